The van der Waals surface area contributed by atoms with Crippen molar-refractivity contribution in [2.24, 2.45) is 0 Å². The molecule has 0 amide bonds. The lowest BCUT2D eigenvalue weighted by Crippen LogP contribution is -2.20. The van der Waals surface area contributed by atoms with Gasteiger partial charge in [-0.25, -0.2) is 4.98 Å². The number of H-pyrrole nitrogens is 1. The van der Waals surface area contributed by atoms with Crippen molar-refractivity contribution in [3.8, 4) is 0 Å². The van der Waals surface area contributed by atoms with E-state index < -0.39 is 0 Å². The molecule has 0 saturated carbocycles. The van der Waals surface area contributed by atoms with E-state index in [0.717, 1.165) is 24.6 Å². The number of hydrogen-bond donors (Lipinski definition) is 2. The standard InChI is InChI=1S/C9H13N3O/c1-10-8(7-3-2-6-13-7)9-11-4-5-12-9/h3-5,8,10H,2,6H2,1H3,(H,11,12). The summed E-state index contributed by atoms with van der Waals surface area (Å²) in [6.07, 6.45) is 6.66. The summed E-state index contributed by atoms with van der Waals surface area (Å²) in [6, 6.07) is 0.0671. The van der Waals surface area contributed by atoms with Crippen LogP contribution in [0.1, 0.15) is 18.3 Å². The Hall–Kier alpha value is -1.29. The molecule has 1 unspecified atom stereocenters. The lowest BCUT2D eigenvalue weighted by atomic mass is 10.2. The molecule has 0 radical (unpaired) electrons. The van der Waals surface area contributed by atoms with E-state index >= 15 is 0 Å². The minimum absolute atomic E-state index is 0.0671. The summed E-state index contributed by atoms with van der Waals surface area (Å²) >= 11 is 0. The molecule has 0 fully saturated rings. The average Bonchev–Trinajstić information content (AvgIpc) is 2.76. The minimum Gasteiger partial charge on any atom is -0.496 e. The second-order valence-corrected chi connectivity index (χ2v) is 2.94. The minimum atomic E-state index is 0.0671. The molecule has 0 spiro atoms. The highest BCUT2D eigenvalue weighted by Gasteiger charge is 2.20. The first-order chi connectivity index (χ1) is 6.42. The first kappa shape index (κ1) is 8.31. The molecule has 1 aromatic heterocycles. The van der Waals surface area contributed by atoms with Crippen molar-refractivity contribution < 1.29 is 4.74 Å². The van der Waals surface area contributed by atoms with Crippen LogP contribution in [0.5, 0.6) is 0 Å². The maximum Gasteiger partial charge on any atom is 0.131 e. The largest absolute Gasteiger partial charge is 0.496 e. The van der Waals surface area contributed by atoms with Crippen molar-refractivity contribution in [3.63, 3.8) is 0 Å². The normalized spacial score (nSPS) is 18.1. The van der Waals surface area contributed by atoms with Gasteiger partial charge in [0.25, 0.3) is 0 Å². The Morgan fingerprint density at radius 2 is 2.62 bits per heavy atom. The molecular weight excluding hydrogens is 166 g/mol. The monoisotopic (exact) mass is 179 g/mol. The van der Waals surface area contributed by atoms with Gasteiger partial charge in [0, 0.05) is 18.8 Å². The van der Waals surface area contributed by atoms with Crippen molar-refractivity contribution in [1.82, 2.24) is 15.3 Å². The molecular formula is C9H13N3O. The Bertz CT molecular complexity index is 292. The van der Waals surface area contributed by atoms with Gasteiger partial charge in [-0.3, -0.25) is 0 Å². The van der Waals surface area contributed by atoms with Crippen LogP contribution < -0.4 is 5.32 Å². The van der Waals surface area contributed by atoms with E-state index in [9.17, 15) is 0 Å². The van der Waals surface area contributed by atoms with Gasteiger partial charge in [0.2, 0.25) is 0 Å². The Labute approximate surface area is 77.0 Å². The summed E-state index contributed by atoms with van der Waals surface area (Å²) in [5.41, 5.74) is 0. The van der Waals surface area contributed by atoms with Gasteiger partial charge in [-0.15, -0.1) is 0 Å². The highest BCUT2D eigenvalue weighted by molar-refractivity contribution is 5.14. The van der Waals surface area contributed by atoms with E-state index in [-0.39, 0.29) is 6.04 Å². The lowest BCUT2D eigenvalue weighted by Gasteiger charge is -2.14. The van der Waals surface area contributed by atoms with Crippen LogP contribution in [0.4, 0.5) is 0 Å². The Morgan fingerprint density at radius 1 is 1.69 bits per heavy atom. The van der Waals surface area contributed by atoms with Crippen molar-refractivity contribution in [2.75, 3.05) is 13.7 Å². The van der Waals surface area contributed by atoms with Crippen molar-refractivity contribution in [3.05, 3.63) is 30.1 Å². The zero-order chi connectivity index (χ0) is 9.10. The van der Waals surface area contributed by atoms with E-state index in [1.54, 1.807) is 6.20 Å². The smallest absolute Gasteiger partial charge is 0.131 e. The van der Waals surface area contributed by atoms with Crippen LogP contribution in [0.15, 0.2) is 24.2 Å². The second-order valence-electron chi connectivity index (χ2n) is 2.94. The predicted octanol–water partition coefficient (Wildman–Crippen LogP) is 0.974. The number of nitrogens with zero attached hydrogens (tertiary/aromatic N) is 1. The molecule has 2 heterocycles. The maximum absolute atomic E-state index is 5.47. The van der Waals surface area contributed by atoms with E-state index in [1.165, 1.54) is 0 Å². The van der Waals surface area contributed by atoms with Crippen molar-refractivity contribution in [2.45, 2.75) is 12.5 Å². The molecule has 70 valence electrons. The predicted molar refractivity (Wildman–Crippen MR) is 49.0 cm³/mol. The molecule has 1 aliphatic rings. The summed E-state index contributed by atoms with van der Waals surface area (Å²) < 4.78 is 5.47. The fourth-order valence-corrected chi connectivity index (χ4v) is 1.49. The van der Waals surface area contributed by atoms with Crippen LogP contribution in [0.2, 0.25) is 0 Å². The molecule has 0 saturated heterocycles. The molecule has 0 aliphatic carbocycles. The molecule has 2 N–H and O–H groups in total. The molecule has 1 atom stereocenters. The number of nitrogens with one attached hydrogen (secondary N) is 2. The highest BCUT2D eigenvalue weighted by atomic mass is 16.5. The van der Waals surface area contributed by atoms with Gasteiger partial charge >= 0.3 is 0 Å². The summed E-state index contributed by atoms with van der Waals surface area (Å²) in [5, 5.41) is 3.16. The molecule has 0 bridgehead atoms. The highest BCUT2D eigenvalue weighted by Crippen LogP contribution is 2.23. The summed E-state index contributed by atoms with van der Waals surface area (Å²) in [4.78, 5) is 7.26. The molecule has 0 aromatic carbocycles. The number of rotatable bonds is 3. The molecule has 4 heteroatoms. The van der Waals surface area contributed by atoms with Gasteiger partial charge in [-0.05, 0) is 13.1 Å². The quantitative estimate of drug-likeness (QED) is 0.727. The third-order valence-corrected chi connectivity index (χ3v) is 2.10. The van der Waals surface area contributed by atoms with Gasteiger partial charge in [0.1, 0.15) is 17.6 Å². The van der Waals surface area contributed by atoms with E-state index in [2.05, 4.69) is 21.4 Å². The van der Waals surface area contributed by atoms with Crippen LogP contribution in [-0.2, 0) is 4.74 Å². The first-order valence-corrected chi connectivity index (χ1v) is 4.41. The Morgan fingerprint density at radius 3 is 3.15 bits per heavy atom. The van der Waals surface area contributed by atoms with Gasteiger partial charge in [-0.1, -0.05) is 0 Å². The summed E-state index contributed by atoms with van der Waals surface area (Å²) in [5.74, 6) is 1.87. The number of aromatic amines is 1. The van der Waals surface area contributed by atoms with Gasteiger partial charge in [0.15, 0.2) is 0 Å². The molecule has 4 nitrogen and oxygen atoms in total. The van der Waals surface area contributed by atoms with Crippen LogP contribution in [0.25, 0.3) is 0 Å². The fourth-order valence-electron chi connectivity index (χ4n) is 1.49. The van der Waals surface area contributed by atoms with Crippen LogP contribution in [-0.4, -0.2) is 23.6 Å². The van der Waals surface area contributed by atoms with E-state index in [4.69, 9.17) is 4.74 Å². The van der Waals surface area contributed by atoms with E-state index in [0.29, 0.717) is 0 Å². The summed E-state index contributed by atoms with van der Waals surface area (Å²) in [6.45, 7) is 0.786. The number of aromatic nitrogens is 2. The molecule has 2 rings (SSSR count). The third-order valence-electron chi connectivity index (χ3n) is 2.10. The fraction of sp³-hybridized carbons (Fsp3) is 0.444. The average molecular weight is 179 g/mol. The van der Waals surface area contributed by atoms with Gasteiger partial charge in [0.05, 0.1) is 6.61 Å². The van der Waals surface area contributed by atoms with Gasteiger partial charge in [-0.2, -0.15) is 0 Å². The van der Waals surface area contributed by atoms with Gasteiger partial charge < -0.3 is 15.0 Å². The molecule has 13 heavy (non-hydrogen) atoms. The first-order valence-electron chi connectivity index (χ1n) is 4.41. The van der Waals surface area contributed by atoms with Crippen LogP contribution >= 0.6 is 0 Å². The Kier molecular flexibility index (Phi) is 2.31. The lowest BCUT2D eigenvalue weighted by molar-refractivity contribution is 0.216. The van der Waals surface area contributed by atoms with Crippen LogP contribution in [0.3, 0.4) is 0 Å². The third kappa shape index (κ3) is 1.58. The van der Waals surface area contributed by atoms with Crippen molar-refractivity contribution in [1.29, 1.82) is 0 Å². The zero-order valence-corrected chi connectivity index (χ0v) is 7.58. The number of hydrogen-bond acceptors (Lipinski definition) is 3. The summed E-state index contributed by atoms with van der Waals surface area (Å²) in [7, 11) is 1.90. The SMILES string of the molecule is CNC(C1=CCCO1)c1ncc[nH]1. The number of likely N-dealkylation sites (N-methyl/N-ethyl adjacent to an activating group) is 1. The maximum atomic E-state index is 5.47. The molecule has 1 aromatic rings. The zero-order valence-electron chi connectivity index (χ0n) is 7.58. The topological polar surface area (TPSA) is 49.9 Å². The number of imidazole rings is 1. The van der Waals surface area contributed by atoms with Crippen molar-refractivity contribution >= 4 is 0 Å². The number of ether oxygens (including phenoxy) is 1. The second kappa shape index (κ2) is 3.62. The Balaban J connectivity index is 2.18. The van der Waals surface area contributed by atoms with E-state index in [1.807, 2.05) is 13.2 Å². The van der Waals surface area contributed by atoms with Crippen LogP contribution in [0, 0.1) is 0 Å². The molecule has 1 aliphatic heterocycles.